The zero-order chi connectivity index (χ0) is 21.3. The first-order chi connectivity index (χ1) is 15.0. The second-order valence-corrected chi connectivity index (χ2v) is 10.3. The predicted molar refractivity (Wildman–Crippen MR) is 131 cm³/mol. The summed E-state index contributed by atoms with van der Waals surface area (Å²) in [5.74, 6) is 0.598. The van der Waals surface area contributed by atoms with Crippen LogP contribution >= 0.6 is 0 Å². The average Bonchev–Trinajstić information content (AvgIpc) is 3.07. The molecule has 4 unspecified atom stereocenters. The van der Waals surface area contributed by atoms with Crippen LogP contribution in [0.4, 0.5) is 0 Å². The van der Waals surface area contributed by atoms with Gasteiger partial charge in [-0.15, -0.1) is 0 Å². The van der Waals surface area contributed by atoms with E-state index in [1.165, 1.54) is 52.4 Å². The maximum Gasteiger partial charge on any atom is 0.0543 e. The van der Waals surface area contributed by atoms with Gasteiger partial charge in [0.25, 0.3) is 0 Å². The molecule has 0 amide bonds. The highest BCUT2D eigenvalue weighted by molar-refractivity contribution is 6.09. The average molecular weight is 409 g/mol. The van der Waals surface area contributed by atoms with E-state index in [-0.39, 0.29) is 0 Å². The van der Waals surface area contributed by atoms with Crippen molar-refractivity contribution in [1.82, 2.24) is 9.47 Å². The van der Waals surface area contributed by atoms with Crippen LogP contribution in [0.25, 0.3) is 27.5 Å². The van der Waals surface area contributed by atoms with E-state index in [2.05, 4.69) is 104 Å². The number of hydrogen-bond acceptors (Lipinski definition) is 1. The highest BCUT2D eigenvalue weighted by atomic mass is 15.2. The Balaban J connectivity index is 1.61. The first-order valence-corrected chi connectivity index (χ1v) is 11.8. The number of rotatable bonds is 2. The second-order valence-electron chi connectivity index (χ2n) is 10.3. The van der Waals surface area contributed by atoms with Crippen molar-refractivity contribution in [1.29, 1.82) is 0 Å². The number of benzene rings is 3. The van der Waals surface area contributed by atoms with Gasteiger partial charge in [-0.05, 0) is 87.0 Å². The van der Waals surface area contributed by atoms with Crippen molar-refractivity contribution in [3.05, 3.63) is 77.9 Å². The maximum absolute atomic E-state index is 2.76. The van der Waals surface area contributed by atoms with Crippen LogP contribution in [-0.4, -0.2) is 28.1 Å². The summed E-state index contributed by atoms with van der Waals surface area (Å²) in [7, 11) is 0. The molecule has 158 valence electrons. The van der Waals surface area contributed by atoms with Crippen molar-refractivity contribution in [2.45, 2.75) is 58.5 Å². The lowest BCUT2D eigenvalue weighted by molar-refractivity contribution is -0.0623. The van der Waals surface area contributed by atoms with Crippen LogP contribution in [0.3, 0.4) is 0 Å². The molecule has 0 spiro atoms. The standard InChI is InChI=1S/C29H32N2/c1-19-16-27-25(17-24(19)28-21(3)30-15-14-29(28,4)18-20(30)2)23-12-8-9-13-26(23)31(27)22-10-6-5-7-11-22/h5-13,16-17,20-21,28H,14-15,18H2,1-4H3/t20?,21-,28?,29?/m1/s1. The first kappa shape index (κ1) is 19.1. The van der Waals surface area contributed by atoms with E-state index in [4.69, 9.17) is 0 Å². The van der Waals surface area contributed by atoms with E-state index >= 15 is 0 Å². The normalized spacial score (nSPS) is 30.3. The first-order valence-electron chi connectivity index (χ1n) is 11.8. The van der Waals surface area contributed by atoms with Crippen LogP contribution in [0.15, 0.2) is 66.7 Å². The fourth-order valence-corrected chi connectivity index (χ4v) is 7.12. The smallest absolute Gasteiger partial charge is 0.0543 e. The Morgan fingerprint density at radius 3 is 2.35 bits per heavy atom. The van der Waals surface area contributed by atoms with E-state index in [1.807, 2.05) is 0 Å². The molecule has 2 nitrogen and oxygen atoms in total. The summed E-state index contributed by atoms with van der Waals surface area (Å²) in [6.45, 7) is 11.0. The summed E-state index contributed by atoms with van der Waals surface area (Å²) in [6.07, 6.45) is 2.63. The fourth-order valence-electron chi connectivity index (χ4n) is 7.12. The molecule has 3 aromatic carbocycles. The number of fused-ring (bicyclic) bond motifs is 6. The molecule has 0 N–H and O–H groups in total. The molecule has 0 saturated carbocycles. The lowest BCUT2D eigenvalue weighted by Gasteiger charge is -2.59. The molecule has 2 bridgehead atoms. The lowest BCUT2D eigenvalue weighted by atomic mass is 9.58. The van der Waals surface area contributed by atoms with Crippen molar-refractivity contribution in [3.63, 3.8) is 0 Å². The Kier molecular flexibility index (Phi) is 4.14. The molecule has 3 aliphatic rings. The van der Waals surface area contributed by atoms with E-state index in [1.54, 1.807) is 5.56 Å². The van der Waals surface area contributed by atoms with Gasteiger partial charge in [0.05, 0.1) is 11.0 Å². The number of aromatic nitrogens is 1. The van der Waals surface area contributed by atoms with Gasteiger partial charge in [0.15, 0.2) is 0 Å². The summed E-state index contributed by atoms with van der Waals surface area (Å²) in [5.41, 5.74) is 7.24. The fraction of sp³-hybridized carbons (Fsp3) is 0.379. The topological polar surface area (TPSA) is 8.17 Å². The van der Waals surface area contributed by atoms with Gasteiger partial charge in [-0.25, -0.2) is 0 Å². The molecular weight excluding hydrogens is 376 g/mol. The van der Waals surface area contributed by atoms with Crippen LogP contribution < -0.4 is 0 Å². The van der Waals surface area contributed by atoms with E-state index < -0.39 is 0 Å². The summed E-state index contributed by atoms with van der Waals surface area (Å²) >= 11 is 0. The monoisotopic (exact) mass is 408 g/mol. The van der Waals surface area contributed by atoms with Gasteiger partial charge in [0, 0.05) is 34.5 Å². The molecule has 0 radical (unpaired) electrons. The largest absolute Gasteiger partial charge is 0.309 e. The van der Waals surface area contributed by atoms with Gasteiger partial charge in [-0.1, -0.05) is 43.3 Å². The van der Waals surface area contributed by atoms with E-state index in [0.29, 0.717) is 23.4 Å². The summed E-state index contributed by atoms with van der Waals surface area (Å²) in [4.78, 5) is 2.76. The Morgan fingerprint density at radius 1 is 0.871 bits per heavy atom. The van der Waals surface area contributed by atoms with Crippen LogP contribution in [0.5, 0.6) is 0 Å². The zero-order valence-electron chi connectivity index (χ0n) is 19.1. The molecule has 31 heavy (non-hydrogen) atoms. The van der Waals surface area contributed by atoms with Crippen molar-refractivity contribution in [2.75, 3.05) is 6.54 Å². The van der Waals surface area contributed by atoms with Gasteiger partial charge in [0.1, 0.15) is 0 Å². The number of para-hydroxylation sites is 2. The van der Waals surface area contributed by atoms with Crippen molar-refractivity contribution in [3.8, 4) is 5.69 Å². The molecule has 3 aliphatic heterocycles. The summed E-state index contributed by atoms with van der Waals surface area (Å²) < 4.78 is 2.44. The van der Waals surface area contributed by atoms with E-state index in [9.17, 15) is 0 Å². The van der Waals surface area contributed by atoms with Crippen molar-refractivity contribution >= 4 is 21.8 Å². The van der Waals surface area contributed by atoms with Gasteiger partial charge in [0.2, 0.25) is 0 Å². The quantitative estimate of drug-likeness (QED) is 0.344. The van der Waals surface area contributed by atoms with Crippen LogP contribution in [0.2, 0.25) is 0 Å². The summed E-state index contributed by atoms with van der Waals surface area (Å²) in [6, 6.07) is 26.0. The third-order valence-corrected chi connectivity index (χ3v) is 8.44. The Bertz CT molecular complexity index is 1280. The molecular formula is C29H32N2. The van der Waals surface area contributed by atoms with Gasteiger partial charge < -0.3 is 4.57 Å². The predicted octanol–water partition coefficient (Wildman–Crippen LogP) is 7.07. The van der Waals surface area contributed by atoms with Crippen LogP contribution in [-0.2, 0) is 0 Å². The van der Waals surface area contributed by atoms with E-state index in [0.717, 1.165) is 0 Å². The van der Waals surface area contributed by atoms with Crippen molar-refractivity contribution < 1.29 is 0 Å². The number of piperidine rings is 3. The maximum atomic E-state index is 2.76. The third kappa shape index (κ3) is 2.67. The molecule has 3 fully saturated rings. The minimum Gasteiger partial charge on any atom is -0.309 e. The number of nitrogens with zero attached hydrogens (tertiary/aromatic N) is 2. The molecule has 5 atom stereocenters. The Hall–Kier alpha value is -2.58. The molecule has 1 aromatic heterocycles. The number of hydrogen-bond donors (Lipinski definition) is 0. The SMILES string of the molecule is Cc1cc2c(cc1C1[C@@H](C)N3CCC1(C)CC3C)c1ccccc1n2-c1ccccc1. The summed E-state index contributed by atoms with van der Waals surface area (Å²) in [5, 5.41) is 2.75. The zero-order valence-corrected chi connectivity index (χ0v) is 19.1. The lowest BCUT2D eigenvalue weighted by Crippen LogP contribution is -2.60. The van der Waals surface area contributed by atoms with Crippen LogP contribution in [0, 0.1) is 12.3 Å². The van der Waals surface area contributed by atoms with Gasteiger partial charge >= 0.3 is 0 Å². The molecule has 4 aromatic rings. The van der Waals surface area contributed by atoms with Crippen molar-refractivity contribution in [2.24, 2.45) is 5.41 Å². The Morgan fingerprint density at radius 2 is 1.61 bits per heavy atom. The molecule has 4 heterocycles. The van der Waals surface area contributed by atoms with Gasteiger partial charge in [-0.3, -0.25) is 4.90 Å². The van der Waals surface area contributed by atoms with Crippen LogP contribution in [0.1, 0.15) is 50.7 Å². The molecule has 2 heteroatoms. The minimum atomic E-state index is 0.393. The van der Waals surface area contributed by atoms with Gasteiger partial charge in [-0.2, -0.15) is 0 Å². The molecule has 7 rings (SSSR count). The second kappa shape index (κ2) is 6.71. The highest BCUT2D eigenvalue weighted by Crippen LogP contribution is 2.55. The highest BCUT2D eigenvalue weighted by Gasteiger charge is 2.51. The third-order valence-electron chi connectivity index (χ3n) is 8.44. The Labute approximate surface area is 185 Å². The molecule has 0 aliphatic carbocycles. The molecule has 3 saturated heterocycles. The minimum absolute atomic E-state index is 0.393. The number of aryl methyl sites for hydroxylation is 1.